The Hall–Kier alpha value is -3.41. The second-order valence-corrected chi connectivity index (χ2v) is 5.13. The molecule has 0 N–H and O–H groups in total. The SMILES string of the molecule is C=N/C(=C\C=C/C)c1noc(-c2cc(F)cc(-c3cccnc3)c2)n1. The van der Waals surface area contributed by atoms with E-state index in [2.05, 4.69) is 26.8 Å². The summed E-state index contributed by atoms with van der Waals surface area (Å²) in [5, 5.41) is 3.89. The molecule has 0 saturated carbocycles. The van der Waals surface area contributed by atoms with Gasteiger partial charge in [-0.3, -0.25) is 9.98 Å². The first-order valence-electron chi connectivity index (χ1n) is 7.56. The lowest BCUT2D eigenvalue weighted by atomic mass is 10.0. The lowest BCUT2D eigenvalue weighted by molar-refractivity contribution is 0.428. The van der Waals surface area contributed by atoms with Crippen LogP contribution in [0.3, 0.4) is 0 Å². The molecule has 0 atom stereocenters. The van der Waals surface area contributed by atoms with Gasteiger partial charge in [0.2, 0.25) is 5.82 Å². The summed E-state index contributed by atoms with van der Waals surface area (Å²) in [6.45, 7) is 5.38. The van der Waals surface area contributed by atoms with Crippen LogP contribution in [0.25, 0.3) is 28.3 Å². The summed E-state index contributed by atoms with van der Waals surface area (Å²) in [6, 6.07) is 8.19. The van der Waals surface area contributed by atoms with Gasteiger partial charge in [0.25, 0.3) is 5.89 Å². The van der Waals surface area contributed by atoms with Crippen LogP contribution in [0.1, 0.15) is 12.7 Å². The van der Waals surface area contributed by atoms with Gasteiger partial charge in [0.1, 0.15) is 11.5 Å². The molecule has 0 aliphatic heterocycles. The zero-order chi connectivity index (χ0) is 17.6. The van der Waals surface area contributed by atoms with Crippen molar-refractivity contribution < 1.29 is 8.91 Å². The van der Waals surface area contributed by atoms with E-state index < -0.39 is 5.82 Å². The second-order valence-electron chi connectivity index (χ2n) is 5.13. The maximum Gasteiger partial charge on any atom is 0.258 e. The van der Waals surface area contributed by atoms with Gasteiger partial charge in [0.05, 0.1) is 0 Å². The molecule has 25 heavy (non-hydrogen) atoms. The number of allylic oxidation sites excluding steroid dienone is 3. The standard InChI is InChI=1S/C19H15FN4O/c1-3-4-7-17(21-2)18-23-19(25-24-18)15-9-14(10-16(20)11-15)13-6-5-8-22-12-13/h3-12H,2H2,1H3/b4-3-,17-7-. The number of rotatable bonds is 5. The van der Waals surface area contributed by atoms with Gasteiger partial charge in [-0.15, -0.1) is 0 Å². The van der Waals surface area contributed by atoms with Crippen molar-refractivity contribution in [3.63, 3.8) is 0 Å². The molecule has 5 nitrogen and oxygen atoms in total. The Morgan fingerprint density at radius 2 is 2.08 bits per heavy atom. The molecule has 3 aromatic rings. The highest BCUT2D eigenvalue weighted by molar-refractivity contribution is 5.70. The Bertz CT molecular complexity index is 945. The van der Waals surface area contributed by atoms with E-state index in [-0.39, 0.29) is 11.7 Å². The number of hydrogen-bond donors (Lipinski definition) is 0. The van der Waals surface area contributed by atoms with Crippen LogP contribution < -0.4 is 0 Å². The minimum absolute atomic E-state index is 0.203. The third kappa shape index (κ3) is 3.74. The fourth-order valence-corrected chi connectivity index (χ4v) is 2.24. The first-order valence-corrected chi connectivity index (χ1v) is 7.56. The quantitative estimate of drug-likeness (QED) is 0.507. The Balaban J connectivity index is 2.01. The zero-order valence-electron chi connectivity index (χ0n) is 13.6. The highest BCUT2D eigenvalue weighted by Crippen LogP contribution is 2.27. The predicted octanol–water partition coefficient (Wildman–Crippen LogP) is 4.56. The van der Waals surface area contributed by atoms with Crippen LogP contribution in [0.4, 0.5) is 4.39 Å². The molecule has 2 heterocycles. The monoisotopic (exact) mass is 334 g/mol. The maximum absolute atomic E-state index is 14.0. The molecule has 0 bridgehead atoms. The van der Waals surface area contributed by atoms with Crippen molar-refractivity contribution in [2.45, 2.75) is 6.92 Å². The third-order valence-corrected chi connectivity index (χ3v) is 3.41. The maximum atomic E-state index is 14.0. The predicted molar refractivity (Wildman–Crippen MR) is 95.3 cm³/mol. The summed E-state index contributed by atoms with van der Waals surface area (Å²) in [6.07, 6.45) is 8.68. The van der Waals surface area contributed by atoms with Crippen LogP contribution in [0.5, 0.6) is 0 Å². The lowest BCUT2D eigenvalue weighted by Crippen LogP contribution is -1.87. The van der Waals surface area contributed by atoms with Crippen molar-refractivity contribution in [1.82, 2.24) is 15.1 Å². The van der Waals surface area contributed by atoms with Crippen molar-refractivity contribution >= 4 is 12.4 Å². The average Bonchev–Trinajstić information content (AvgIpc) is 3.13. The second kappa shape index (κ2) is 7.44. The van der Waals surface area contributed by atoms with Gasteiger partial charge in [-0.2, -0.15) is 4.98 Å². The normalized spacial score (nSPS) is 11.8. The van der Waals surface area contributed by atoms with E-state index in [9.17, 15) is 4.39 Å². The molecule has 6 heteroatoms. The van der Waals surface area contributed by atoms with Crippen molar-refractivity contribution in [1.29, 1.82) is 0 Å². The molecule has 0 unspecified atom stereocenters. The molecule has 2 aromatic heterocycles. The minimum atomic E-state index is -0.400. The molecule has 0 aliphatic rings. The smallest absolute Gasteiger partial charge is 0.258 e. The number of hydrogen-bond acceptors (Lipinski definition) is 5. The fraction of sp³-hybridized carbons (Fsp3) is 0.0526. The van der Waals surface area contributed by atoms with E-state index in [0.29, 0.717) is 16.8 Å². The number of benzene rings is 1. The summed E-state index contributed by atoms with van der Waals surface area (Å²) in [4.78, 5) is 12.2. The van der Waals surface area contributed by atoms with Crippen molar-refractivity contribution in [3.8, 4) is 22.6 Å². The van der Waals surface area contributed by atoms with Gasteiger partial charge in [-0.1, -0.05) is 23.4 Å². The van der Waals surface area contributed by atoms with Crippen LogP contribution in [0.2, 0.25) is 0 Å². The van der Waals surface area contributed by atoms with E-state index >= 15 is 0 Å². The largest absolute Gasteiger partial charge is 0.334 e. The Morgan fingerprint density at radius 1 is 1.24 bits per heavy atom. The minimum Gasteiger partial charge on any atom is -0.334 e. The summed E-state index contributed by atoms with van der Waals surface area (Å²) in [5.74, 6) is 0.0904. The average molecular weight is 334 g/mol. The molecule has 1 aromatic carbocycles. The van der Waals surface area contributed by atoms with Gasteiger partial charge in [0, 0.05) is 23.5 Å². The van der Waals surface area contributed by atoms with E-state index in [1.54, 1.807) is 36.7 Å². The topological polar surface area (TPSA) is 64.2 Å². The molecule has 0 saturated heterocycles. The fourth-order valence-electron chi connectivity index (χ4n) is 2.24. The Labute approximate surface area is 144 Å². The molecule has 0 aliphatic carbocycles. The van der Waals surface area contributed by atoms with Crippen LogP contribution in [0, 0.1) is 5.82 Å². The zero-order valence-corrected chi connectivity index (χ0v) is 13.6. The third-order valence-electron chi connectivity index (χ3n) is 3.41. The molecule has 0 radical (unpaired) electrons. The highest BCUT2D eigenvalue weighted by atomic mass is 19.1. The van der Waals surface area contributed by atoms with Crippen LogP contribution in [-0.2, 0) is 0 Å². The molecule has 0 fully saturated rings. The van der Waals surface area contributed by atoms with Crippen molar-refractivity contribution in [2.75, 3.05) is 0 Å². The van der Waals surface area contributed by atoms with E-state index in [0.717, 1.165) is 5.56 Å². The summed E-state index contributed by atoms with van der Waals surface area (Å²) in [5.41, 5.74) is 2.42. The van der Waals surface area contributed by atoms with Gasteiger partial charge in [0.15, 0.2) is 0 Å². The highest BCUT2D eigenvalue weighted by Gasteiger charge is 2.14. The molecule has 124 valence electrons. The first kappa shape index (κ1) is 16.4. The number of nitrogens with zero attached hydrogens (tertiary/aromatic N) is 4. The summed E-state index contributed by atoms with van der Waals surface area (Å²) in [7, 11) is 0. The van der Waals surface area contributed by atoms with Gasteiger partial charge in [-0.25, -0.2) is 4.39 Å². The summed E-state index contributed by atoms with van der Waals surface area (Å²) < 4.78 is 19.3. The van der Waals surface area contributed by atoms with Gasteiger partial charge < -0.3 is 4.52 Å². The van der Waals surface area contributed by atoms with Crippen LogP contribution in [0.15, 0.2) is 70.5 Å². The van der Waals surface area contributed by atoms with E-state index in [1.165, 1.54) is 12.1 Å². The van der Waals surface area contributed by atoms with Crippen LogP contribution in [-0.4, -0.2) is 21.8 Å². The number of halogens is 1. The molecule has 0 amide bonds. The van der Waals surface area contributed by atoms with Crippen molar-refractivity contribution in [3.05, 3.63) is 72.6 Å². The Morgan fingerprint density at radius 3 is 2.80 bits per heavy atom. The molecule has 3 rings (SSSR count). The lowest BCUT2D eigenvalue weighted by Gasteiger charge is -2.03. The van der Waals surface area contributed by atoms with Gasteiger partial charge >= 0.3 is 0 Å². The van der Waals surface area contributed by atoms with E-state index in [1.807, 2.05) is 19.1 Å². The first-order chi connectivity index (χ1) is 12.2. The van der Waals surface area contributed by atoms with Crippen LogP contribution >= 0.6 is 0 Å². The molecule has 0 spiro atoms. The van der Waals surface area contributed by atoms with Gasteiger partial charge in [-0.05, 0) is 49.5 Å². The number of aromatic nitrogens is 3. The Kier molecular flexibility index (Phi) is 4.89. The number of pyridine rings is 1. The van der Waals surface area contributed by atoms with E-state index in [4.69, 9.17) is 4.52 Å². The summed E-state index contributed by atoms with van der Waals surface area (Å²) >= 11 is 0. The molecular weight excluding hydrogens is 319 g/mol. The molecular formula is C19H15FN4O. The van der Waals surface area contributed by atoms with Crippen molar-refractivity contribution in [2.24, 2.45) is 4.99 Å². The number of aliphatic imine (C=N–C) groups is 1.